The number of nitrogens with one attached hydrogen (secondary N) is 1. The maximum absolute atomic E-state index is 5.60. The van der Waals surface area contributed by atoms with Crippen LogP contribution in [0.5, 0.6) is 0 Å². The first kappa shape index (κ1) is 8.54. The van der Waals surface area contributed by atoms with Crippen LogP contribution in [0.15, 0.2) is 11.3 Å². The zero-order valence-electron chi connectivity index (χ0n) is 7.07. The Bertz CT molecular complexity index is 279. The van der Waals surface area contributed by atoms with Crippen LogP contribution in [0.1, 0.15) is 11.3 Å². The zero-order chi connectivity index (χ0) is 9.14. The number of hydrazone groups is 1. The minimum atomic E-state index is 0.329. The number of rotatable bonds is 2. The van der Waals surface area contributed by atoms with E-state index in [1.807, 2.05) is 6.92 Å². The molecule has 12 heavy (non-hydrogen) atoms. The summed E-state index contributed by atoms with van der Waals surface area (Å²) >= 11 is 0. The summed E-state index contributed by atoms with van der Waals surface area (Å²) in [4.78, 5) is 0. The normalized spacial score (nSPS) is 11.8. The molecule has 0 saturated heterocycles. The van der Waals surface area contributed by atoms with Gasteiger partial charge in [0.2, 0.25) is 0 Å². The summed E-state index contributed by atoms with van der Waals surface area (Å²) in [5.41, 5.74) is 9.47. The third kappa shape index (κ3) is 1.37. The lowest BCUT2D eigenvalue weighted by Crippen LogP contribution is -2.25. The fourth-order valence-electron chi connectivity index (χ4n) is 1.04. The second-order valence-electron chi connectivity index (χ2n) is 2.43. The molecule has 0 bridgehead atoms. The largest absolute Gasteiger partial charge is 0.380 e. The number of hydrogen-bond donors (Lipinski definition) is 3. The van der Waals surface area contributed by atoms with E-state index in [0.717, 1.165) is 11.3 Å². The Balaban J connectivity index is 3.09. The summed E-state index contributed by atoms with van der Waals surface area (Å²) in [6.07, 6.45) is 1.72. The Morgan fingerprint density at radius 3 is 2.83 bits per heavy atom. The van der Waals surface area contributed by atoms with Gasteiger partial charge in [-0.1, -0.05) is 0 Å². The summed E-state index contributed by atoms with van der Waals surface area (Å²) < 4.78 is 1.64. The summed E-state index contributed by atoms with van der Waals surface area (Å²) in [6, 6.07) is 0. The summed E-state index contributed by atoms with van der Waals surface area (Å²) in [6.45, 7) is 1.90. The maximum atomic E-state index is 5.60. The van der Waals surface area contributed by atoms with Gasteiger partial charge in [0.1, 0.15) is 5.69 Å². The van der Waals surface area contributed by atoms with Crippen LogP contribution >= 0.6 is 0 Å². The summed E-state index contributed by atoms with van der Waals surface area (Å²) in [5, 5.41) is 7.66. The molecule has 6 nitrogen and oxygen atoms in total. The molecule has 0 aromatic carbocycles. The van der Waals surface area contributed by atoms with Crippen LogP contribution in [0.25, 0.3) is 0 Å². The summed E-state index contributed by atoms with van der Waals surface area (Å²) in [5.74, 6) is 5.32. The molecule has 5 N–H and O–H groups in total. The fraction of sp³-hybridized carbons (Fsp3) is 0.333. The van der Waals surface area contributed by atoms with Crippen molar-refractivity contribution in [2.24, 2.45) is 23.7 Å². The third-order valence-corrected chi connectivity index (χ3v) is 1.55. The number of aromatic nitrogens is 2. The molecule has 0 unspecified atom stereocenters. The molecule has 0 aliphatic rings. The van der Waals surface area contributed by atoms with Gasteiger partial charge in [-0.25, -0.2) is 11.4 Å². The van der Waals surface area contributed by atoms with Gasteiger partial charge in [-0.3, -0.25) is 4.68 Å². The Kier molecular flexibility index (Phi) is 2.29. The molecule has 0 saturated carbocycles. The van der Waals surface area contributed by atoms with E-state index in [1.54, 1.807) is 17.9 Å². The van der Waals surface area contributed by atoms with Gasteiger partial charge in [0.15, 0.2) is 5.84 Å². The second kappa shape index (κ2) is 3.22. The van der Waals surface area contributed by atoms with Gasteiger partial charge in [-0.2, -0.15) is 5.10 Å². The molecule has 1 aromatic rings. The van der Waals surface area contributed by atoms with Gasteiger partial charge in [0.25, 0.3) is 0 Å². The van der Waals surface area contributed by atoms with E-state index in [9.17, 15) is 0 Å². The smallest absolute Gasteiger partial charge is 0.170 e. The summed E-state index contributed by atoms with van der Waals surface area (Å²) in [7, 11) is 1.79. The minimum absolute atomic E-state index is 0.329. The first-order valence-electron chi connectivity index (χ1n) is 3.44. The molecular formula is C6H12N6. The highest BCUT2D eigenvalue weighted by atomic mass is 15.5. The van der Waals surface area contributed by atoms with Crippen LogP contribution in [0.4, 0.5) is 0 Å². The van der Waals surface area contributed by atoms with Crippen molar-refractivity contribution < 1.29 is 0 Å². The van der Waals surface area contributed by atoms with Gasteiger partial charge < -0.3 is 5.73 Å². The zero-order valence-corrected chi connectivity index (χ0v) is 7.07. The molecule has 0 spiro atoms. The Morgan fingerprint density at radius 1 is 1.75 bits per heavy atom. The van der Waals surface area contributed by atoms with Crippen LogP contribution in [-0.2, 0) is 7.05 Å². The predicted molar refractivity (Wildman–Crippen MR) is 46.0 cm³/mol. The number of nitrogens with two attached hydrogens (primary N) is 2. The van der Waals surface area contributed by atoms with Gasteiger partial charge in [0, 0.05) is 7.05 Å². The van der Waals surface area contributed by atoms with Crippen LogP contribution in [0.2, 0.25) is 0 Å². The molecule has 6 heteroatoms. The maximum Gasteiger partial charge on any atom is 0.170 e. The highest BCUT2D eigenvalue weighted by molar-refractivity contribution is 5.96. The second-order valence-corrected chi connectivity index (χ2v) is 2.43. The van der Waals surface area contributed by atoms with Gasteiger partial charge >= 0.3 is 0 Å². The first-order valence-corrected chi connectivity index (χ1v) is 3.44. The molecular weight excluding hydrogens is 156 g/mol. The molecule has 1 heterocycles. The van der Waals surface area contributed by atoms with E-state index >= 15 is 0 Å². The molecule has 1 aromatic heterocycles. The predicted octanol–water partition coefficient (Wildman–Crippen LogP) is -1.19. The Morgan fingerprint density at radius 2 is 2.42 bits per heavy atom. The fourth-order valence-corrected chi connectivity index (χ4v) is 1.04. The molecule has 0 fully saturated rings. The van der Waals surface area contributed by atoms with Crippen molar-refractivity contribution in [1.82, 2.24) is 15.3 Å². The van der Waals surface area contributed by atoms with Crippen molar-refractivity contribution in [3.8, 4) is 0 Å². The Labute approximate surface area is 70.2 Å². The number of amidine groups is 1. The van der Waals surface area contributed by atoms with Crippen LogP contribution < -0.4 is 17.1 Å². The molecule has 0 aliphatic heterocycles. The van der Waals surface area contributed by atoms with Crippen molar-refractivity contribution in [1.29, 1.82) is 0 Å². The van der Waals surface area contributed by atoms with E-state index in [-0.39, 0.29) is 0 Å². The van der Waals surface area contributed by atoms with Gasteiger partial charge in [0.05, 0.1) is 6.20 Å². The first-order chi connectivity index (χ1) is 5.66. The van der Waals surface area contributed by atoms with Crippen molar-refractivity contribution in [2.45, 2.75) is 6.92 Å². The lowest BCUT2D eigenvalue weighted by atomic mass is 10.2. The van der Waals surface area contributed by atoms with E-state index < -0.39 is 0 Å². The monoisotopic (exact) mass is 168 g/mol. The topological polar surface area (TPSA) is 94.2 Å². The lowest BCUT2D eigenvalue weighted by molar-refractivity contribution is 0.749. The third-order valence-electron chi connectivity index (χ3n) is 1.55. The number of hydrogen-bond acceptors (Lipinski definition) is 4. The van der Waals surface area contributed by atoms with Crippen LogP contribution in [-0.4, -0.2) is 15.6 Å². The molecule has 0 amide bonds. The van der Waals surface area contributed by atoms with Gasteiger partial charge in [-0.05, 0) is 12.5 Å². The van der Waals surface area contributed by atoms with E-state index in [1.165, 1.54) is 0 Å². The van der Waals surface area contributed by atoms with E-state index in [0.29, 0.717) is 5.84 Å². The Hall–Kier alpha value is -1.56. The highest BCUT2D eigenvalue weighted by Crippen LogP contribution is 2.03. The molecule has 66 valence electrons. The van der Waals surface area contributed by atoms with Crippen LogP contribution in [0.3, 0.4) is 0 Å². The highest BCUT2D eigenvalue weighted by Gasteiger charge is 2.07. The van der Waals surface area contributed by atoms with E-state index in [4.69, 9.17) is 11.6 Å². The van der Waals surface area contributed by atoms with Crippen molar-refractivity contribution >= 4 is 5.84 Å². The average molecular weight is 168 g/mol. The number of nitrogens with zero attached hydrogens (tertiary/aromatic N) is 3. The van der Waals surface area contributed by atoms with Crippen LogP contribution in [0, 0.1) is 6.92 Å². The van der Waals surface area contributed by atoms with Crippen molar-refractivity contribution in [2.75, 3.05) is 0 Å². The molecule has 0 atom stereocenters. The number of hydrazine groups is 1. The molecule has 1 rings (SSSR count). The van der Waals surface area contributed by atoms with Crippen molar-refractivity contribution in [3.63, 3.8) is 0 Å². The van der Waals surface area contributed by atoms with Gasteiger partial charge in [-0.15, -0.1) is 5.10 Å². The quantitative estimate of drug-likeness (QED) is 0.224. The molecule has 0 radical (unpaired) electrons. The molecule has 0 aliphatic carbocycles. The standard InChI is InChI=1S/C6H12N6/c1-4-3-9-12(2)5(4)6(7)10-11-8/h3,11H,8H2,1-2H3,(H2,7,10). The SMILES string of the molecule is Cc1cnn(C)c1/C(N)=N/NN. The van der Waals surface area contributed by atoms with Crippen molar-refractivity contribution in [3.05, 3.63) is 17.5 Å². The minimum Gasteiger partial charge on any atom is -0.380 e. The van der Waals surface area contributed by atoms with E-state index in [2.05, 4.69) is 15.7 Å². The lowest BCUT2D eigenvalue weighted by Gasteiger charge is -2.01. The number of aryl methyl sites for hydroxylation is 2. The average Bonchev–Trinajstić information content (AvgIpc) is 2.32.